The molecule has 16 nitrogen and oxygen atoms in total. The van der Waals surface area contributed by atoms with Gasteiger partial charge in [0.15, 0.2) is 23.8 Å². The van der Waals surface area contributed by atoms with Gasteiger partial charge in [-0.05, 0) is 55.2 Å². The van der Waals surface area contributed by atoms with Crippen LogP contribution in [0.3, 0.4) is 0 Å². The number of aromatic nitrogens is 4. The number of nitrogens with zero attached hydrogens (tertiary/aromatic N) is 6. The highest BCUT2D eigenvalue weighted by molar-refractivity contribution is 5.83. The van der Waals surface area contributed by atoms with Gasteiger partial charge in [-0.2, -0.15) is 0 Å². The highest BCUT2D eigenvalue weighted by Gasteiger charge is 2.48. The molecule has 2 amide bonds. The van der Waals surface area contributed by atoms with Crippen molar-refractivity contribution in [2.24, 2.45) is 5.92 Å². The third-order valence-corrected chi connectivity index (χ3v) is 8.12. The maximum Gasteiger partial charge on any atom is 0.410 e. The molecular formula is C29H32N8O8. The van der Waals surface area contributed by atoms with Crippen molar-refractivity contribution >= 4 is 34.7 Å². The molecule has 236 valence electrons. The number of nitrogens with two attached hydrogens (primary N) is 1. The first-order valence-electron chi connectivity index (χ1n) is 14.6. The normalized spacial score (nSPS) is 23.4. The van der Waals surface area contributed by atoms with Gasteiger partial charge < -0.3 is 35.6 Å². The molecule has 3 aliphatic rings. The van der Waals surface area contributed by atoms with Crippen molar-refractivity contribution in [2.75, 3.05) is 18.8 Å². The van der Waals surface area contributed by atoms with Gasteiger partial charge in [-0.25, -0.2) is 19.7 Å². The van der Waals surface area contributed by atoms with E-state index in [1.165, 1.54) is 23.0 Å². The molecule has 2 saturated heterocycles. The summed E-state index contributed by atoms with van der Waals surface area (Å²) in [5.41, 5.74) is 7.26. The minimum atomic E-state index is -1.44. The number of aliphatic hydroxyl groups excluding tert-OH is 2. The summed E-state index contributed by atoms with van der Waals surface area (Å²) >= 11 is 0. The maximum atomic E-state index is 12.5. The lowest BCUT2D eigenvalue weighted by Crippen LogP contribution is -2.43. The minimum absolute atomic E-state index is 0.0252. The lowest BCUT2D eigenvalue weighted by atomic mass is 9.94. The first-order valence-corrected chi connectivity index (χ1v) is 14.6. The highest BCUT2D eigenvalue weighted by Crippen LogP contribution is 2.33. The monoisotopic (exact) mass is 620 g/mol. The molecule has 3 aromatic rings. The topological polar surface area (TPSA) is 221 Å². The number of carbonyl (C=O) groups excluding carboxylic acids is 2. The maximum absolute atomic E-state index is 12.5. The Kier molecular flexibility index (Phi) is 8.48. The first-order chi connectivity index (χ1) is 21.7. The number of nitro groups is 1. The third-order valence-electron chi connectivity index (χ3n) is 8.12. The number of nitrogens with one attached hydrogen (secondary N) is 1. The number of anilines is 1. The van der Waals surface area contributed by atoms with Crippen LogP contribution in [0.4, 0.5) is 16.3 Å². The van der Waals surface area contributed by atoms with E-state index < -0.39 is 41.5 Å². The van der Waals surface area contributed by atoms with Crippen LogP contribution in [-0.2, 0) is 20.9 Å². The predicted molar refractivity (Wildman–Crippen MR) is 156 cm³/mol. The number of imidazole rings is 1. The molecule has 0 spiro atoms. The highest BCUT2D eigenvalue weighted by atomic mass is 16.6. The number of nitrogen functional groups attached to an aromatic ring is 1. The molecular weight excluding hydrogens is 588 g/mol. The van der Waals surface area contributed by atoms with Gasteiger partial charge in [0.2, 0.25) is 5.82 Å². The van der Waals surface area contributed by atoms with Gasteiger partial charge >= 0.3 is 6.09 Å². The van der Waals surface area contributed by atoms with Crippen molar-refractivity contribution in [1.82, 2.24) is 29.7 Å². The van der Waals surface area contributed by atoms with E-state index in [0.717, 1.165) is 25.7 Å². The van der Waals surface area contributed by atoms with Gasteiger partial charge in [0, 0.05) is 37.7 Å². The first kappa shape index (κ1) is 30.2. The van der Waals surface area contributed by atoms with Crippen LogP contribution in [0.15, 0.2) is 30.6 Å². The van der Waals surface area contributed by atoms with Crippen LogP contribution in [0.25, 0.3) is 11.2 Å². The standard InChI is InChI=1S/C29H32N8O8/c30-25-21-26(36(15-31-21)28-23(39)22(38)24(45-28)27(40)32-18-6-7-18)34-20(33-25)3-1-2-16-10-12-35(13-11-16)29(41)44-14-17-4-8-19(9-5-17)37(42)43/h4-5,8-9,15-16,18,22-24,28,38-39H,2,6-7,10-14H2,(H,32,40)(H2,30,33,34)/t22-,23+,24-,28+/m0/s1. The Balaban J connectivity index is 1.03. The number of rotatable bonds is 7. The number of fused-ring (bicyclic) bond motifs is 1. The summed E-state index contributed by atoms with van der Waals surface area (Å²) in [4.78, 5) is 49.9. The van der Waals surface area contributed by atoms with Crippen LogP contribution in [0, 0.1) is 27.9 Å². The van der Waals surface area contributed by atoms with Crippen LogP contribution >= 0.6 is 0 Å². The van der Waals surface area contributed by atoms with Crippen molar-refractivity contribution in [3.05, 3.63) is 52.1 Å². The van der Waals surface area contributed by atoms with Crippen LogP contribution in [0.5, 0.6) is 0 Å². The van der Waals surface area contributed by atoms with E-state index >= 15 is 0 Å². The van der Waals surface area contributed by atoms with Gasteiger partial charge in [-0.15, -0.1) is 0 Å². The molecule has 45 heavy (non-hydrogen) atoms. The molecule has 6 rings (SSSR count). The van der Waals surface area contributed by atoms with E-state index in [1.807, 2.05) is 0 Å². The average Bonchev–Trinajstić information content (AvgIpc) is 3.67. The number of likely N-dealkylation sites (tertiary alicyclic amines) is 1. The number of amides is 2. The van der Waals surface area contributed by atoms with Crippen molar-refractivity contribution in [1.29, 1.82) is 0 Å². The Morgan fingerprint density at radius 1 is 1.13 bits per heavy atom. The molecule has 0 bridgehead atoms. The summed E-state index contributed by atoms with van der Waals surface area (Å²) in [5, 5.41) is 34.7. The fourth-order valence-electron chi connectivity index (χ4n) is 5.34. The van der Waals surface area contributed by atoms with E-state index in [0.29, 0.717) is 25.1 Å². The molecule has 4 heterocycles. The van der Waals surface area contributed by atoms with Crippen LogP contribution in [0.1, 0.15) is 49.7 Å². The third kappa shape index (κ3) is 6.65. The molecule has 16 heteroatoms. The molecule has 2 aliphatic heterocycles. The molecule has 4 atom stereocenters. The number of non-ortho nitro benzene ring substituents is 1. The summed E-state index contributed by atoms with van der Waals surface area (Å²) in [5.74, 6) is 6.01. The number of hydrogen-bond donors (Lipinski definition) is 4. The summed E-state index contributed by atoms with van der Waals surface area (Å²) in [6.07, 6.45) is -0.559. The molecule has 1 aromatic carbocycles. The quantitative estimate of drug-likeness (QED) is 0.165. The molecule has 1 aliphatic carbocycles. The van der Waals surface area contributed by atoms with Crippen LogP contribution < -0.4 is 11.1 Å². The lowest BCUT2D eigenvalue weighted by molar-refractivity contribution is -0.384. The average molecular weight is 621 g/mol. The van der Waals surface area contributed by atoms with Crippen molar-refractivity contribution < 1.29 is 34.2 Å². The SMILES string of the molecule is Nc1nc(C#CCC2CCN(C(=O)OCc3ccc([N+](=O)[O-])cc3)CC2)nc2c1ncn2[C@@H]1O[C@H](C(=O)NC2CC2)[C@@H](O)[C@H]1O. The fourth-order valence-corrected chi connectivity index (χ4v) is 5.34. The Bertz CT molecular complexity index is 1660. The number of piperidine rings is 1. The molecule has 0 unspecified atom stereocenters. The zero-order valence-corrected chi connectivity index (χ0v) is 24.1. The summed E-state index contributed by atoms with van der Waals surface area (Å²) in [6, 6.07) is 5.92. The molecule has 5 N–H and O–H groups in total. The number of hydrogen-bond acceptors (Lipinski definition) is 12. The van der Waals surface area contributed by atoms with Gasteiger partial charge in [0.25, 0.3) is 11.6 Å². The van der Waals surface area contributed by atoms with Gasteiger partial charge in [0.05, 0.1) is 11.3 Å². The second-order valence-corrected chi connectivity index (χ2v) is 11.4. The van der Waals surface area contributed by atoms with Gasteiger partial charge in [-0.1, -0.05) is 5.92 Å². The number of carbonyl (C=O) groups is 2. The second kappa shape index (κ2) is 12.6. The summed E-state index contributed by atoms with van der Waals surface area (Å²) in [6.45, 7) is 1.04. The zero-order valence-electron chi connectivity index (χ0n) is 24.1. The number of nitro benzene ring substituents is 1. The number of benzene rings is 1. The Hall–Kier alpha value is -4.85. The van der Waals surface area contributed by atoms with Crippen molar-refractivity contribution in [3.63, 3.8) is 0 Å². The van der Waals surface area contributed by atoms with Gasteiger partial charge in [0.1, 0.15) is 24.3 Å². The second-order valence-electron chi connectivity index (χ2n) is 11.4. The van der Waals surface area contributed by atoms with E-state index in [2.05, 4.69) is 32.1 Å². The Labute approximate surface area is 256 Å². The molecule has 0 radical (unpaired) electrons. The zero-order chi connectivity index (χ0) is 31.7. The van der Waals surface area contributed by atoms with E-state index in [-0.39, 0.29) is 47.1 Å². The minimum Gasteiger partial charge on any atom is -0.445 e. The lowest BCUT2D eigenvalue weighted by Gasteiger charge is -2.30. The van der Waals surface area contributed by atoms with Crippen LogP contribution in [0.2, 0.25) is 0 Å². The largest absolute Gasteiger partial charge is 0.445 e. The van der Waals surface area contributed by atoms with Crippen molar-refractivity contribution in [3.8, 4) is 11.8 Å². The summed E-state index contributed by atoms with van der Waals surface area (Å²) < 4.78 is 12.5. The smallest absolute Gasteiger partial charge is 0.410 e. The van der Waals surface area contributed by atoms with Gasteiger partial charge in [-0.3, -0.25) is 19.5 Å². The van der Waals surface area contributed by atoms with E-state index in [9.17, 15) is 29.9 Å². The number of aliphatic hydroxyl groups is 2. The summed E-state index contributed by atoms with van der Waals surface area (Å²) in [7, 11) is 0. The van der Waals surface area contributed by atoms with Crippen molar-refractivity contribution in [2.45, 2.75) is 69.3 Å². The van der Waals surface area contributed by atoms with E-state index in [1.54, 1.807) is 17.0 Å². The Morgan fingerprint density at radius 3 is 2.56 bits per heavy atom. The molecule has 3 fully saturated rings. The predicted octanol–water partition coefficient (Wildman–Crippen LogP) is 1.00. The molecule has 1 saturated carbocycles. The van der Waals surface area contributed by atoms with E-state index in [4.69, 9.17) is 15.2 Å². The fraction of sp³-hybridized carbons (Fsp3) is 0.483. The van der Waals surface area contributed by atoms with Crippen LogP contribution in [-0.4, -0.2) is 89.0 Å². The Morgan fingerprint density at radius 2 is 1.87 bits per heavy atom. The molecule has 2 aromatic heterocycles. The number of ether oxygens (including phenoxy) is 2.